The van der Waals surface area contributed by atoms with Gasteiger partial charge < -0.3 is 33.6 Å². The van der Waals surface area contributed by atoms with E-state index in [4.69, 9.17) is 28.5 Å². The standard InChI is InChI=1S/C32H28O8/c1-36-32-30(35)29-25(34)17-24(37-15-14-33)18-28(29)40-31(32)23-12-13-26(38-19-21-8-4-2-5-9-21)27(16-23)39-20-22-10-6-3-7-11-22/h2-13,16-18,33-34H,14-15,19-20H2,1H3. The van der Waals surface area contributed by atoms with Crippen LogP contribution in [0.15, 0.2) is 100 Å². The summed E-state index contributed by atoms with van der Waals surface area (Å²) in [4.78, 5) is 13.3. The van der Waals surface area contributed by atoms with Gasteiger partial charge in [-0.25, -0.2) is 0 Å². The maximum Gasteiger partial charge on any atom is 0.239 e. The minimum Gasteiger partial charge on any atom is -0.507 e. The van der Waals surface area contributed by atoms with Crippen molar-refractivity contribution in [1.29, 1.82) is 0 Å². The molecule has 8 nitrogen and oxygen atoms in total. The molecule has 0 radical (unpaired) electrons. The summed E-state index contributed by atoms with van der Waals surface area (Å²) in [5.74, 6) is 0.972. The van der Waals surface area contributed by atoms with Crippen molar-refractivity contribution >= 4 is 11.0 Å². The minimum absolute atomic E-state index is 0.0186. The van der Waals surface area contributed by atoms with E-state index in [1.54, 1.807) is 18.2 Å². The van der Waals surface area contributed by atoms with Crippen molar-refractivity contribution in [2.75, 3.05) is 20.3 Å². The summed E-state index contributed by atoms with van der Waals surface area (Å²) in [7, 11) is 1.36. The van der Waals surface area contributed by atoms with Crippen LogP contribution in [0.3, 0.4) is 0 Å². The molecule has 0 bridgehead atoms. The molecule has 1 heterocycles. The van der Waals surface area contributed by atoms with Gasteiger partial charge in [0, 0.05) is 17.7 Å². The summed E-state index contributed by atoms with van der Waals surface area (Å²) in [5.41, 5.74) is 2.04. The van der Waals surface area contributed by atoms with E-state index in [0.717, 1.165) is 11.1 Å². The summed E-state index contributed by atoms with van der Waals surface area (Å²) >= 11 is 0. The van der Waals surface area contributed by atoms with Gasteiger partial charge in [0.25, 0.3) is 0 Å². The Kier molecular flexibility index (Phi) is 8.18. The Hall–Kier alpha value is -4.95. The molecule has 2 N–H and O–H groups in total. The molecule has 204 valence electrons. The van der Waals surface area contributed by atoms with Crippen LogP contribution < -0.4 is 24.4 Å². The molecule has 0 spiro atoms. The van der Waals surface area contributed by atoms with E-state index in [1.807, 2.05) is 60.7 Å². The lowest BCUT2D eigenvalue weighted by Crippen LogP contribution is -2.09. The number of ether oxygens (including phenoxy) is 4. The predicted molar refractivity (Wildman–Crippen MR) is 150 cm³/mol. The summed E-state index contributed by atoms with van der Waals surface area (Å²) in [6.45, 7) is 0.447. The zero-order valence-electron chi connectivity index (χ0n) is 21.8. The number of hydrogen-bond acceptors (Lipinski definition) is 8. The van der Waals surface area contributed by atoms with Gasteiger partial charge in [0.2, 0.25) is 11.2 Å². The van der Waals surface area contributed by atoms with Crippen molar-refractivity contribution in [3.05, 3.63) is 112 Å². The van der Waals surface area contributed by atoms with Crippen molar-refractivity contribution < 1.29 is 33.6 Å². The number of aliphatic hydroxyl groups excluding tert-OH is 1. The van der Waals surface area contributed by atoms with Crippen LogP contribution in [-0.2, 0) is 13.2 Å². The number of fused-ring (bicyclic) bond motifs is 1. The predicted octanol–water partition coefficient (Wildman–Crippen LogP) is 5.70. The number of hydrogen-bond donors (Lipinski definition) is 2. The lowest BCUT2D eigenvalue weighted by Gasteiger charge is -2.16. The molecule has 1 aromatic heterocycles. The van der Waals surface area contributed by atoms with Gasteiger partial charge in [-0.15, -0.1) is 0 Å². The van der Waals surface area contributed by atoms with Gasteiger partial charge in [0.05, 0.1) is 13.7 Å². The fraction of sp³-hybridized carbons (Fsp3) is 0.156. The molecule has 0 unspecified atom stereocenters. The smallest absolute Gasteiger partial charge is 0.239 e. The second kappa shape index (κ2) is 12.3. The van der Waals surface area contributed by atoms with Crippen LogP contribution in [-0.4, -0.2) is 30.5 Å². The molecule has 0 aliphatic heterocycles. The largest absolute Gasteiger partial charge is 0.507 e. The van der Waals surface area contributed by atoms with E-state index in [1.165, 1.54) is 19.2 Å². The highest BCUT2D eigenvalue weighted by atomic mass is 16.5. The SMILES string of the molecule is COc1c(-c2ccc(OCc3ccccc3)c(OCc3ccccc3)c2)oc2cc(OCCO)cc(O)c2c1=O. The molecule has 40 heavy (non-hydrogen) atoms. The minimum atomic E-state index is -0.541. The van der Waals surface area contributed by atoms with Gasteiger partial charge in [-0.3, -0.25) is 4.79 Å². The molecule has 0 saturated heterocycles. The van der Waals surface area contributed by atoms with Gasteiger partial charge in [-0.05, 0) is 29.3 Å². The van der Waals surface area contributed by atoms with Gasteiger partial charge in [0.1, 0.15) is 42.3 Å². The molecule has 0 aliphatic rings. The quantitative estimate of drug-likeness (QED) is 0.220. The molecule has 0 atom stereocenters. The topological polar surface area (TPSA) is 108 Å². The van der Waals surface area contributed by atoms with Crippen LogP contribution in [0.25, 0.3) is 22.3 Å². The second-order valence-electron chi connectivity index (χ2n) is 8.89. The molecule has 5 rings (SSSR count). The first-order chi connectivity index (χ1) is 19.6. The molecule has 0 fully saturated rings. The fourth-order valence-electron chi connectivity index (χ4n) is 4.23. The number of benzene rings is 4. The molecule has 0 aliphatic carbocycles. The first kappa shape index (κ1) is 26.6. The van der Waals surface area contributed by atoms with Crippen LogP contribution in [0.1, 0.15) is 11.1 Å². The van der Waals surface area contributed by atoms with E-state index in [-0.39, 0.29) is 47.2 Å². The van der Waals surface area contributed by atoms with Crippen molar-refractivity contribution in [3.8, 4) is 40.1 Å². The number of phenolic OH excluding ortho intramolecular Hbond substituents is 1. The summed E-state index contributed by atoms with van der Waals surface area (Å²) in [6.07, 6.45) is 0. The number of aliphatic hydroxyl groups is 1. The van der Waals surface area contributed by atoms with E-state index in [0.29, 0.717) is 30.3 Å². The fourth-order valence-corrected chi connectivity index (χ4v) is 4.23. The van der Waals surface area contributed by atoms with E-state index in [2.05, 4.69) is 0 Å². The van der Waals surface area contributed by atoms with Crippen LogP contribution in [0.5, 0.6) is 28.7 Å². The van der Waals surface area contributed by atoms with Crippen molar-refractivity contribution in [2.24, 2.45) is 0 Å². The highest BCUT2D eigenvalue weighted by molar-refractivity contribution is 5.88. The Morgan fingerprint density at radius 1 is 0.775 bits per heavy atom. The molecule has 8 heteroatoms. The van der Waals surface area contributed by atoms with Crippen LogP contribution >= 0.6 is 0 Å². The van der Waals surface area contributed by atoms with E-state index in [9.17, 15) is 9.90 Å². The van der Waals surface area contributed by atoms with Crippen LogP contribution in [0.4, 0.5) is 0 Å². The van der Waals surface area contributed by atoms with Gasteiger partial charge in [-0.2, -0.15) is 0 Å². The second-order valence-corrected chi connectivity index (χ2v) is 8.89. The van der Waals surface area contributed by atoms with Crippen molar-refractivity contribution in [3.63, 3.8) is 0 Å². The number of rotatable bonds is 11. The third-order valence-corrected chi connectivity index (χ3v) is 6.15. The highest BCUT2D eigenvalue weighted by Gasteiger charge is 2.22. The van der Waals surface area contributed by atoms with Gasteiger partial charge >= 0.3 is 0 Å². The van der Waals surface area contributed by atoms with Crippen molar-refractivity contribution in [1.82, 2.24) is 0 Å². The Morgan fingerprint density at radius 2 is 1.43 bits per heavy atom. The number of aromatic hydroxyl groups is 1. The molecule has 5 aromatic rings. The third-order valence-electron chi connectivity index (χ3n) is 6.15. The lowest BCUT2D eigenvalue weighted by molar-refractivity contribution is 0.201. The van der Waals surface area contributed by atoms with E-state index >= 15 is 0 Å². The summed E-state index contributed by atoms with van der Waals surface area (Å²) < 4.78 is 29.3. The van der Waals surface area contributed by atoms with Crippen molar-refractivity contribution in [2.45, 2.75) is 13.2 Å². The first-order valence-electron chi connectivity index (χ1n) is 12.7. The molecule has 0 saturated carbocycles. The average Bonchev–Trinajstić information content (AvgIpc) is 2.98. The molecular weight excluding hydrogens is 512 g/mol. The molecule has 4 aromatic carbocycles. The number of methoxy groups -OCH3 is 1. The summed E-state index contributed by atoms with van der Waals surface area (Å²) in [5, 5.41) is 19.6. The third kappa shape index (κ3) is 5.87. The lowest BCUT2D eigenvalue weighted by atomic mass is 10.1. The first-order valence-corrected chi connectivity index (χ1v) is 12.7. The molecule has 0 amide bonds. The van der Waals surface area contributed by atoms with Crippen LogP contribution in [0, 0.1) is 0 Å². The zero-order chi connectivity index (χ0) is 27.9. The average molecular weight is 541 g/mol. The Morgan fingerprint density at radius 3 is 2.05 bits per heavy atom. The van der Waals surface area contributed by atoms with Gasteiger partial charge in [-0.1, -0.05) is 60.7 Å². The normalized spacial score (nSPS) is 10.8. The van der Waals surface area contributed by atoms with Crippen LogP contribution in [0.2, 0.25) is 0 Å². The monoisotopic (exact) mass is 540 g/mol. The number of phenols is 1. The Labute approximate surface area is 230 Å². The van der Waals surface area contributed by atoms with Gasteiger partial charge in [0.15, 0.2) is 17.3 Å². The maximum absolute atomic E-state index is 13.3. The van der Waals surface area contributed by atoms with E-state index < -0.39 is 5.43 Å². The Bertz CT molecular complexity index is 1650. The summed E-state index contributed by atoms with van der Waals surface area (Å²) in [6, 6.07) is 27.5. The highest BCUT2D eigenvalue weighted by Crippen LogP contribution is 2.39. The Balaban J connectivity index is 1.56. The maximum atomic E-state index is 13.3. The zero-order valence-corrected chi connectivity index (χ0v) is 21.8. The molecular formula is C32H28O8.